The van der Waals surface area contributed by atoms with Crippen LogP contribution in [0.3, 0.4) is 0 Å². The smallest absolute Gasteiger partial charge is 0.410 e. The Morgan fingerprint density at radius 2 is 1.89 bits per heavy atom. The molecule has 0 atom stereocenters. The number of aromatic nitrogens is 2. The highest BCUT2D eigenvalue weighted by Crippen LogP contribution is 2.32. The summed E-state index contributed by atoms with van der Waals surface area (Å²) in [4.78, 5) is 11.4. The number of carbonyl (C=O) groups is 1. The minimum atomic E-state index is -4.58. The van der Waals surface area contributed by atoms with Gasteiger partial charge in [0.1, 0.15) is 5.75 Å². The van der Waals surface area contributed by atoms with E-state index in [1.807, 2.05) is 0 Å². The van der Waals surface area contributed by atoms with Crippen molar-refractivity contribution >= 4 is 22.6 Å². The molecule has 0 unspecified atom stereocenters. The quantitative estimate of drug-likeness (QED) is 0.922. The molecule has 1 aromatic heterocycles. The van der Waals surface area contributed by atoms with Crippen LogP contribution in [0.4, 0.5) is 23.1 Å². The van der Waals surface area contributed by atoms with E-state index < -0.39 is 17.3 Å². The van der Waals surface area contributed by atoms with Gasteiger partial charge in [-0.2, -0.15) is 13.2 Å². The SMILES string of the molecule is O=C(Nc1nnc(C(F)(F)F)s1)Oc1ccccc1. The van der Waals surface area contributed by atoms with E-state index in [-0.39, 0.29) is 22.2 Å². The van der Waals surface area contributed by atoms with Crippen LogP contribution in [0, 0.1) is 0 Å². The number of amides is 1. The van der Waals surface area contributed by atoms with E-state index in [0.29, 0.717) is 0 Å². The third kappa shape index (κ3) is 3.65. The lowest BCUT2D eigenvalue weighted by molar-refractivity contribution is -0.138. The first-order valence-corrected chi connectivity index (χ1v) is 5.71. The highest BCUT2D eigenvalue weighted by molar-refractivity contribution is 7.15. The van der Waals surface area contributed by atoms with Gasteiger partial charge in [0.2, 0.25) is 10.1 Å². The molecule has 0 fully saturated rings. The summed E-state index contributed by atoms with van der Waals surface area (Å²) in [5, 5.41) is 6.77. The van der Waals surface area contributed by atoms with Crippen molar-refractivity contribution in [2.24, 2.45) is 0 Å². The Hall–Kier alpha value is -2.16. The highest BCUT2D eigenvalue weighted by Gasteiger charge is 2.35. The maximum Gasteiger partial charge on any atom is 0.445 e. The number of benzene rings is 1. The molecule has 0 aliphatic carbocycles. The predicted molar refractivity (Wildman–Crippen MR) is 61.0 cm³/mol. The molecule has 0 aliphatic rings. The van der Waals surface area contributed by atoms with Gasteiger partial charge < -0.3 is 4.74 Å². The van der Waals surface area contributed by atoms with Crippen molar-refractivity contribution in [1.29, 1.82) is 0 Å². The number of anilines is 1. The molecule has 1 heterocycles. The predicted octanol–water partition coefficient (Wildman–Crippen LogP) is 3.17. The molecular weight excluding hydrogens is 283 g/mol. The van der Waals surface area contributed by atoms with Gasteiger partial charge in [0.05, 0.1) is 0 Å². The molecule has 2 aromatic rings. The fraction of sp³-hybridized carbons (Fsp3) is 0.100. The zero-order valence-electron chi connectivity index (χ0n) is 9.14. The standard InChI is InChI=1S/C10H6F3N3O2S/c11-10(12,13)7-15-16-8(19-7)14-9(17)18-6-4-2-1-3-5-6/h1-5H,(H,14,16,17). The van der Waals surface area contributed by atoms with Crippen LogP contribution in [0.2, 0.25) is 0 Å². The van der Waals surface area contributed by atoms with Gasteiger partial charge in [0.15, 0.2) is 0 Å². The molecule has 19 heavy (non-hydrogen) atoms. The maximum atomic E-state index is 12.2. The second-order valence-corrected chi connectivity index (χ2v) is 4.22. The van der Waals surface area contributed by atoms with E-state index in [1.165, 1.54) is 12.1 Å². The van der Waals surface area contributed by atoms with Crippen molar-refractivity contribution in [2.75, 3.05) is 5.32 Å². The molecule has 1 N–H and O–H groups in total. The van der Waals surface area contributed by atoms with Crippen LogP contribution in [-0.2, 0) is 6.18 Å². The van der Waals surface area contributed by atoms with E-state index >= 15 is 0 Å². The summed E-state index contributed by atoms with van der Waals surface area (Å²) in [6.07, 6.45) is -5.52. The van der Waals surface area contributed by atoms with E-state index in [4.69, 9.17) is 4.74 Å². The molecule has 0 aliphatic heterocycles. The first-order chi connectivity index (χ1) is 8.95. The number of alkyl halides is 3. The average Bonchev–Trinajstić information content (AvgIpc) is 2.78. The minimum Gasteiger partial charge on any atom is -0.410 e. The normalized spacial score (nSPS) is 11.1. The van der Waals surface area contributed by atoms with Crippen molar-refractivity contribution in [3.05, 3.63) is 35.3 Å². The van der Waals surface area contributed by atoms with E-state index in [0.717, 1.165) is 0 Å². The third-order valence-electron chi connectivity index (χ3n) is 1.83. The number of para-hydroxylation sites is 1. The highest BCUT2D eigenvalue weighted by atomic mass is 32.1. The second kappa shape index (κ2) is 5.22. The van der Waals surface area contributed by atoms with Crippen LogP contribution < -0.4 is 10.1 Å². The number of nitrogens with zero attached hydrogens (tertiary/aromatic N) is 2. The third-order valence-corrected chi connectivity index (χ3v) is 2.71. The Labute approximate surface area is 109 Å². The van der Waals surface area contributed by atoms with Crippen LogP contribution in [0.1, 0.15) is 5.01 Å². The first-order valence-electron chi connectivity index (χ1n) is 4.90. The molecule has 2 rings (SSSR count). The summed E-state index contributed by atoms with van der Waals surface area (Å²) in [5.41, 5.74) is 0. The van der Waals surface area contributed by atoms with Crippen molar-refractivity contribution in [3.63, 3.8) is 0 Å². The van der Waals surface area contributed by atoms with Crippen LogP contribution >= 0.6 is 11.3 Å². The maximum absolute atomic E-state index is 12.2. The molecule has 1 amide bonds. The van der Waals surface area contributed by atoms with E-state index in [2.05, 4.69) is 15.5 Å². The minimum absolute atomic E-state index is 0.220. The van der Waals surface area contributed by atoms with Crippen LogP contribution in [-0.4, -0.2) is 16.3 Å². The van der Waals surface area contributed by atoms with Crippen LogP contribution in [0.25, 0.3) is 0 Å². The Morgan fingerprint density at radius 3 is 2.47 bits per heavy atom. The van der Waals surface area contributed by atoms with Crippen LogP contribution in [0.5, 0.6) is 5.75 Å². The Kier molecular flexibility index (Phi) is 3.65. The molecule has 5 nitrogen and oxygen atoms in total. The Morgan fingerprint density at radius 1 is 1.21 bits per heavy atom. The van der Waals surface area contributed by atoms with Gasteiger partial charge in [-0.1, -0.05) is 29.5 Å². The first kappa shape index (κ1) is 13.3. The number of halogens is 3. The largest absolute Gasteiger partial charge is 0.445 e. The summed E-state index contributed by atoms with van der Waals surface area (Å²) in [6, 6.07) is 8.08. The van der Waals surface area contributed by atoms with Crippen molar-refractivity contribution < 1.29 is 22.7 Å². The van der Waals surface area contributed by atoms with Crippen molar-refractivity contribution in [3.8, 4) is 5.75 Å². The molecule has 0 radical (unpaired) electrons. The molecule has 0 bridgehead atoms. The lowest BCUT2D eigenvalue weighted by atomic mass is 10.3. The monoisotopic (exact) mass is 289 g/mol. The Balaban J connectivity index is 1.98. The second-order valence-electron chi connectivity index (χ2n) is 3.24. The fourth-order valence-electron chi connectivity index (χ4n) is 1.10. The molecule has 1 aromatic carbocycles. The van der Waals surface area contributed by atoms with Gasteiger partial charge >= 0.3 is 12.3 Å². The number of hydrogen-bond donors (Lipinski definition) is 1. The zero-order chi connectivity index (χ0) is 13.9. The molecule has 100 valence electrons. The van der Waals surface area contributed by atoms with Gasteiger partial charge in [-0.25, -0.2) is 4.79 Å². The van der Waals surface area contributed by atoms with Gasteiger partial charge in [0.25, 0.3) is 0 Å². The zero-order valence-corrected chi connectivity index (χ0v) is 9.96. The number of hydrogen-bond acceptors (Lipinski definition) is 5. The summed E-state index contributed by atoms with van der Waals surface area (Å²) >= 11 is 0.220. The number of rotatable bonds is 2. The van der Waals surface area contributed by atoms with Gasteiger partial charge in [-0.05, 0) is 12.1 Å². The molecule has 0 spiro atoms. The fourth-order valence-corrected chi connectivity index (χ4v) is 1.69. The summed E-state index contributed by atoms with van der Waals surface area (Å²) in [6.45, 7) is 0. The molecular formula is C10H6F3N3O2S. The molecule has 0 saturated carbocycles. The summed E-state index contributed by atoms with van der Waals surface area (Å²) in [7, 11) is 0. The van der Waals surface area contributed by atoms with Gasteiger partial charge in [-0.15, -0.1) is 10.2 Å². The summed E-state index contributed by atoms with van der Waals surface area (Å²) in [5.74, 6) is 0.264. The lowest BCUT2D eigenvalue weighted by Crippen LogP contribution is -2.16. The number of ether oxygens (including phenoxy) is 1. The van der Waals surface area contributed by atoms with Gasteiger partial charge in [0, 0.05) is 0 Å². The molecule has 0 saturated heterocycles. The lowest BCUT2D eigenvalue weighted by Gasteiger charge is -2.03. The van der Waals surface area contributed by atoms with E-state index in [9.17, 15) is 18.0 Å². The van der Waals surface area contributed by atoms with E-state index in [1.54, 1.807) is 18.2 Å². The van der Waals surface area contributed by atoms with Crippen molar-refractivity contribution in [1.82, 2.24) is 10.2 Å². The topological polar surface area (TPSA) is 64.1 Å². The van der Waals surface area contributed by atoms with Crippen LogP contribution in [0.15, 0.2) is 30.3 Å². The van der Waals surface area contributed by atoms with Gasteiger partial charge in [-0.3, -0.25) is 5.32 Å². The molecule has 9 heteroatoms. The number of nitrogens with one attached hydrogen (secondary N) is 1. The average molecular weight is 289 g/mol. The summed E-state index contributed by atoms with van der Waals surface area (Å²) < 4.78 is 41.6. The number of carbonyl (C=O) groups excluding carboxylic acids is 1. The Bertz CT molecular complexity index is 571. The van der Waals surface area contributed by atoms with Crippen molar-refractivity contribution in [2.45, 2.75) is 6.18 Å².